The molecule has 6 rings (SSSR count). The second kappa shape index (κ2) is 28.4. The minimum Gasteiger partial charge on any atom is -0.493 e. The quantitative estimate of drug-likeness (QED) is 0.0507. The van der Waals surface area contributed by atoms with E-state index >= 15 is 0 Å². The fourth-order valence-corrected chi connectivity index (χ4v) is 8.70. The lowest BCUT2D eigenvalue weighted by Crippen LogP contribution is -2.15. The smallest absolute Gasteiger partial charge is 0.270 e. The van der Waals surface area contributed by atoms with E-state index < -0.39 is 0 Å². The van der Waals surface area contributed by atoms with Gasteiger partial charge in [-0.05, 0) is 46.2 Å². The Balaban J connectivity index is 1.47. The first-order valence-corrected chi connectivity index (χ1v) is 24.5. The molecule has 11 heteroatoms. The number of fused-ring (bicyclic) bond motifs is 2. The molecule has 1 aliphatic heterocycles. The fraction of sp³-hybridized carbons (Fsp3) is 0.556. The zero-order chi connectivity index (χ0) is 45.3. The standard InChI is InChI=1S/C54H73NO10/c1-3-5-7-9-11-13-24-62-51-42-18-15-19-43(51)37-45-21-17-23-47-39-49-41-50(55(56)57)40-48(54(49)63-25-14-12-10-8-6-4-2)38-46-22-16-20-44(36-42)52(46)64-34-32-60-30-28-58-26-27-59-29-31-61-33-35-65-53(45)47/h15-23,40-41H,3-14,24-39H2,1-2H3. The Bertz CT molecular complexity index is 1920. The van der Waals surface area contributed by atoms with E-state index in [9.17, 15) is 10.1 Å². The summed E-state index contributed by atoms with van der Waals surface area (Å²) in [5.74, 6) is 3.06. The van der Waals surface area contributed by atoms with Crippen molar-refractivity contribution in [1.29, 1.82) is 0 Å². The Hall–Kier alpha value is -4.68. The number of nitro benzene ring substituents is 1. The Morgan fingerprint density at radius 1 is 0.446 bits per heavy atom. The first-order valence-electron chi connectivity index (χ1n) is 24.5. The molecule has 0 fully saturated rings. The van der Waals surface area contributed by atoms with Gasteiger partial charge < -0.3 is 37.9 Å². The van der Waals surface area contributed by atoms with Crippen LogP contribution in [0.2, 0.25) is 0 Å². The van der Waals surface area contributed by atoms with Crippen molar-refractivity contribution in [3.63, 3.8) is 0 Å². The maximum atomic E-state index is 12.7. The van der Waals surface area contributed by atoms with Gasteiger partial charge in [-0.1, -0.05) is 133 Å². The number of para-hydroxylation sites is 3. The van der Waals surface area contributed by atoms with Crippen LogP contribution in [0, 0.1) is 10.1 Å². The van der Waals surface area contributed by atoms with E-state index in [1.54, 1.807) is 12.1 Å². The SMILES string of the molecule is CCCCCCCCOc1c2cccc1Cc1cccc3c1OCCOCCOCCOCCOCCOc1c(cccc1Cc1cc([N+](=O)[O-])cc(c1OCCCCCCCC)C3)C2. The van der Waals surface area contributed by atoms with Crippen LogP contribution in [0.4, 0.5) is 5.69 Å². The van der Waals surface area contributed by atoms with Crippen LogP contribution in [0.3, 0.4) is 0 Å². The lowest BCUT2D eigenvalue weighted by molar-refractivity contribution is -0.385. The highest BCUT2D eigenvalue weighted by Crippen LogP contribution is 2.40. The van der Waals surface area contributed by atoms with Gasteiger partial charge in [-0.3, -0.25) is 10.1 Å². The van der Waals surface area contributed by atoms with Gasteiger partial charge in [-0.2, -0.15) is 0 Å². The topological polar surface area (TPSA) is 117 Å². The lowest BCUT2D eigenvalue weighted by Gasteiger charge is -2.23. The van der Waals surface area contributed by atoms with E-state index in [0.29, 0.717) is 111 Å². The molecule has 11 nitrogen and oxygen atoms in total. The Kier molecular flexibility index (Phi) is 21.7. The number of hydrogen-bond donors (Lipinski definition) is 0. The summed E-state index contributed by atoms with van der Waals surface area (Å²) in [6.07, 6.45) is 15.6. The highest BCUT2D eigenvalue weighted by Gasteiger charge is 2.24. The van der Waals surface area contributed by atoms with Crippen LogP contribution in [-0.4, -0.2) is 84.2 Å². The Morgan fingerprint density at radius 2 is 0.769 bits per heavy atom. The molecule has 1 aliphatic carbocycles. The normalized spacial score (nSPS) is 15.4. The van der Waals surface area contributed by atoms with Crippen molar-refractivity contribution in [2.75, 3.05) is 79.3 Å². The van der Waals surface area contributed by atoms with E-state index in [4.69, 9.17) is 37.9 Å². The molecule has 0 unspecified atom stereocenters. The van der Waals surface area contributed by atoms with Gasteiger partial charge in [0, 0.05) is 48.9 Å². The molecule has 0 radical (unpaired) electrons. The molecular weight excluding hydrogens is 823 g/mol. The number of non-ortho nitro benzene ring substituents is 1. The third-order valence-electron chi connectivity index (χ3n) is 12.0. The second-order valence-electron chi connectivity index (χ2n) is 17.2. The van der Waals surface area contributed by atoms with Crippen molar-refractivity contribution in [3.05, 3.63) is 121 Å². The largest absolute Gasteiger partial charge is 0.493 e. The van der Waals surface area contributed by atoms with Crippen LogP contribution >= 0.6 is 0 Å². The van der Waals surface area contributed by atoms with E-state index in [0.717, 1.165) is 93.9 Å². The molecule has 0 aromatic heterocycles. The number of rotatable bonds is 17. The molecule has 4 aromatic rings. The second-order valence-corrected chi connectivity index (χ2v) is 17.2. The molecule has 0 spiro atoms. The summed E-state index contributed by atoms with van der Waals surface area (Å²) in [5.41, 5.74) is 7.46. The van der Waals surface area contributed by atoms with Crippen molar-refractivity contribution < 1.29 is 42.8 Å². The van der Waals surface area contributed by atoms with Crippen molar-refractivity contribution in [3.8, 4) is 23.0 Å². The van der Waals surface area contributed by atoms with Crippen LogP contribution in [0.5, 0.6) is 23.0 Å². The number of benzene rings is 4. The van der Waals surface area contributed by atoms with Gasteiger partial charge >= 0.3 is 0 Å². The first kappa shape index (κ1) is 49.7. The number of nitro groups is 1. The fourth-order valence-electron chi connectivity index (χ4n) is 8.70. The van der Waals surface area contributed by atoms with Gasteiger partial charge in [-0.15, -0.1) is 0 Å². The monoisotopic (exact) mass is 896 g/mol. The highest BCUT2D eigenvalue weighted by molar-refractivity contribution is 5.58. The molecule has 65 heavy (non-hydrogen) atoms. The van der Waals surface area contributed by atoms with Crippen LogP contribution in [0.25, 0.3) is 0 Å². The third kappa shape index (κ3) is 16.0. The first-order chi connectivity index (χ1) is 32.1. The van der Waals surface area contributed by atoms with Crippen LogP contribution in [0.15, 0.2) is 66.7 Å². The highest BCUT2D eigenvalue weighted by atomic mass is 16.6. The number of unbranched alkanes of at least 4 members (excludes halogenated alkanes) is 10. The average molecular weight is 896 g/mol. The number of ether oxygens (including phenoxy) is 8. The van der Waals surface area contributed by atoms with Crippen molar-refractivity contribution >= 4 is 5.69 Å². The van der Waals surface area contributed by atoms with E-state index in [1.807, 2.05) is 0 Å². The molecular formula is C54H73NO10. The molecule has 1 heterocycles. The van der Waals surface area contributed by atoms with Gasteiger partial charge in [0.1, 0.15) is 36.2 Å². The zero-order valence-electron chi connectivity index (χ0n) is 39.2. The van der Waals surface area contributed by atoms with Crippen LogP contribution < -0.4 is 18.9 Å². The molecule has 4 aromatic carbocycles. The Morgan fingerprint density at radius 3 is 1.15 bits per heavy atom. The molecule has 0 N–H and O–H groups in total. The summed E-state index contributed by atoms with van der Waals surface area (Å²) in [7, 11) is 0. The maximum Gasteiger partial charge on any atom is 0.270 e. The summed E-state index contributed by atoms with van der Waals surface area (Å²) in [6, 6.07) is 22.3. The molecule has 2 aliphatic rings. The molecule has 10 bridgehead atoms. The molecule has 354 valence electrons. The van der Waals surface area contributed by atoms with E-state index in [1.165, 1.54) is 44.9 Å². The summed E-state index contributed by atoms with van der Waals surface area (Å²) in [6.45, 7) is 9.62. The number of nitrogens with zero attached hydrogens (tertiary/aromatic N) is 1. The predicted molar refractivity (Wildman–Crippen MR) is 256 cm³/mol. The summed E-state index contributed by atoms with van der Waals surface area (Å²) in [4.78, 5) is 12.4. The molecule has 0 atom stereocenters. The van der Waals surface area contributed by atoms with Gasteiger partial charge in [0.15, 0.2) is 0 Å². The minimum absolute atomic E-state index is 0.0195. The van der Waals surface area contributed by atoms with Crippen LogP contribution in [0.1, 0.15) is 135 Å². The zero-order valence-corrected chi connectivity index (χ0v) is 39.2. The van der Waals surface area contributed by atoms with Crippen molar-refractivity contribution in [1.82, 2.24) is 0 Å². The molecule has 0 amide bonds. The van der Waals surface area contributed by atoms with Crippen molar-refractivity contribution in [2.24, 2.45) is 0 Å². The summed E-state index contributed by atoms with van der Waals surface area (Å²) < 4.78 is 50.5. The summed E-state index contributed by atoms with van der Waals surface area (Å²) in [5, 5.41) is 12.7. The van der Waals surface area contributed by atoms with Gasteiger partial charge in [-0.25, -0.2) is 0 Å². The molecule has 0 saturated heterocycles. The van der Waals surface area contributed by atoms with E-state index in [-0.39, 0.29) is 10.6 Å². The molecule has 0 saturated carbocycles. The average Bonchev–Trinajstić information content (AvgIpc) is 3.30. The summed E-state index contributed by atoms with van der Waals surface area (Å²) >= 11 is 0. The van der Waals surface area contributed by atoms with Gasteiger partial charge in [0.2, 0.25) is 0 Å². The Labute approximate surface area is 387 Å². The van der Waals surface area contributed by atoms with Gasteiger partial charge in [0.25, 0.3) is 5.69 Å². The maximum absolute atomic E-state index is 12.7. The van der Waals surface area contributed by atoms with Crippen molar-refractivity contribution in [2.45, 2.75) is 117 Å². The van der Waals surface area contributed by atoms with Gasteiger partial charge in [0.05, 0.1) is 71.0 Å². The lowest BCUT2D eigenvalue weighted by atomic mass is 9.91. The van der Waals surface area contributed by atoms with E-state index in [2.05, 4.69) is 68.4 Å². The third-order valence-corrected chi connectivity index (χ3v) is 12.0. The minimum atomic E-state index is -0.303. The predicted octanol–water partition coefficient (Wildman–Crippen LogP) is 11.6. The van der Waals surface area contributed by atoms with Crippen LogP contribution in [-0.2, 0) is 44.6 Å². The number of hydrogen-bond acceptors (Lipinski definition) is 10.